The number of carbonyl (C=O) groups is 1. The van der Waals surface area contributed by atoms with Gasteiger partial charge < -0.3 is 19.7 Å². The van der Waals surface area contributed by atoms with Crippen molar-refractivity contribution in [3.63, 3.8) is 0 Å². The number of fused-ring (bicyclic) bond motifs is 1. The van der Waals surface area contributed by atoms with Gasteiger partial charge >= 0.3 is 5.97 Å². The summed E-state index contributed by atoms with van der Waals surface area (Å²) in [6, 6.07) is 9.01. The maximum Gasteiger partial charge on any atom is 0.339 e. The highest BCUT2D eigenvalue weighted by Gasteiger charge is 2.29. The van der Waals surface area contributed by atoms with Gasteiger partial charge in [-0.05, 0) is 60.1 Å². The van der Waals surface area contributed by atoms with E-state index in [1.54, 1.807) is 18.5 Å². The van der Waals surface area contributed by atoms with Crippen molar-refractivity contribution in [2.45, 2.75) is 39.5 Å². The molecule has 2 aliphatic rings. The molecule has 1 fully saturated rings. The second kappa shape index (κ2) is 11.2. The van der Waals surface area contributed by atoms with E-state index in [1.807, 2.05) is 24.3 Å². The van der Waals surface area contributed by atoms with Gasteiger partial charge in [-0.15, -0.1) is 0 Å². The van der Waals surface area contributed by atoms with Crippen LogP contribution in [0.1, 0.15) is 49.9 Å². The standard InChI is InChI=1S/C31H37FN4O3/c1-21(7-10-32)27-18-31(2,3)9-6-23(27)20-35-12-14-36(15-13-35)24-4-5-26(30(37)38)28(17-24)39-25-16-22-8-11-33-29(22)34-19-25/h4-5,8,11,16-17,19H,1,6-7,9-10,12-15,18,20H2,2-3H3,(H,33,34)(H,37,38). The first-order chi connectivity index (χ1) is 18.7. The zero-order chi connectivity index (χ0) is 27.6. The van der Waals surface area contributed by atoms with Crippen LogP contribution in [0, 0.1) is 5.41 Å². The monoisotopic (exact) mass is 532 g/mol. The first kappa shape index (κ1) is 26.9. The van der Waals surface area contributed by atoms with Crippen molar-refractivity contribution < 1.29 is 19.0 Å². The molecule has 0 atom stereocenters. The number of aromatic carboxylic acids is 1. The van der Waals surface area contributed by atoms with Gasteiger partial charge in [0, 0.05) is 62.5 Å². The van der Waals surface area contributed by atoms with Crippen LogP contribution in [0.15, 0.2) is 66.0 Å². The quantitative estimate of drug-likeness (QED) is 0.323. The predicted molar refractivity (Wildman–Crippen MR) is 153 cm³/mol. The lowest BCUT2D eigenvalue weighted by molar-refractivity contribution is 0.0694. The third kappa shape index (κ3) is 6.17. The number of allylic oxidation sites excluding steroid dienone is 2. The Labute approximate surface area is 229 Å². The van der Waals surface area contributed by atoms with Crippen LogP contribution in [-0.4, -0.2) is 65.3 Å². The average molecular weight is 533 g/mol. The maximum atomic E-state index is 13.1. The number of ether oxygens (including phenoxy) is 1. The van der Waals surface area contributed by atoms with Crippen LogP contribution < -0.4 is 9.64 Å². The molecule has 206 valence electrons. The molecule has 1 aliphatic heterocycles. The van der Waals surface area contributed by atoms with E-state index in [0.717, 1.165) is 74.3 Å². The normalized spacial score (nSPS) is 18.0. The fourth-order valence-electron chi connectivity index (χ4n) is 5.65. The molecular formula is C31H37FN4O3. The molecule has 0 amide bonds. The number of nitrogens with one attached hydrogen (secondary N) is 1. The van der Waals surface area contributed by atoms with Crippen molar-refractivity contribution in [1.29, 1.82) is 0 Å². The molecule has 0 bridgehead atoms. The van der Waals surface area contributed by atoms with E-state index in [4.69, 9.17) is 4.74 Å². The highest BCUT2D eigenvalue weighted by atomic mass is 19.1. The Balaban J connectivity index is 1.28. The first-order valence-corrected chi connectivity index (χ1v) is 13.6. The highest BCUT2D eigenvalue weighted by Crippen LogP contribution is 2.42. The van der Waals surface area contributed by atoms with Crippen LogP contribution in [0.2, 0.25) is 0 Å². The molecule has 3 heterocycles. The van der Waals surface area contributed by atoms with Crippen LogP contribution >= 0.6 is 0 Å². The summed E-state index contributed by atoms with van der Waals surface area (Å²) in [6.45, 7) is 12.7. The number of hydrogen-bond donors (Lipinski definition) is 2. The topological polar surface area (TPSA) is 81.7 Å². The molecule has 5 rings (SSSR count). The van der Waals surface area contributed by atoms with Crippen molar-refractivity contribution in [2.24, 2.45) is 5.41 Å². The highest BCUT2D eigenvalue weighted by molar-refractivity contribution is 5.92. The van der Waals surface area contributed by atoms with Gasteiger partial charge in [0.05, 0.1) is 12.9 Å². The van der Waals surface area contributed by atoms with Gasteiger partial charge in [-0.3, -0.25) is 9.29 Å². The molecule has 0 radical (unpaired) electrons. The number of hydrogen-bond acceptors (Lipinski definition) is 5. The number of alkyl halides is 1. The van der Waals surface area contributed by atoms with Gasteiger partial charge in [0.25, 0.3) is 0 Å². The van der Waals surface area contributed by atoms with Gasteiger partial charge in [0.2, 0.25) is 0 Å². The van der Waals surface area contributed by atoms with Crippen molar-refractivity contribution in [3.05, 3.63) is 71.6 Å². The van der Waals surface area contributed by atoms with Gasteiger partial charge in [0.15, 0.2) is 0 Å². The molecule has 8 heteroatoms. The van der Waals surface area contributed by atoms with Gasteiger partial charge in [-0.2, -0.15) is 0 Å². The van der Waals surface area contributed by atoms with Crippen molar-refractivity contribution in [3.8, 4) is 11.5 Å². The Morgan fingerprint density at radius 2 is 2.00 bits per heavy atom. The summed E-state index contributed by atoms with van der Waals surface area (Å²) < 4.78 is 19.1. The Morgan fingerprint density at radius 1 is 1.21 bits per heavy atom. The minimum Gasteiger partial charge on any atom is -0.478 e. The molecule has 1 aromatic carbocycles. The number of nitrogens with zero attached hydrogens (tertiary/aromatic N) is 3. The Kier molecular flexibility index (Phi) is 7.75. The number of anilines is 1. The second-order valence-corrected chi connectivity index (χ2v) is 11.4. The van der Waals surface area contributed by atoms with Crippen molar-refractivity contribution in [2.75, 3.05) is 44.3 Å². The molecule has 1 aliphatic carbocycles. The summed E-state index contributed by atoms with van der Waals surface area (Å²) >= 11 is 0. The van der Waals surface area contributed by atoms with E-state index in [1.165, 1.54) is 11.1 Å². The molecule has 39 heavy (non-hydrogen) atoms. The van der Waals surface area contributed by atoms with Gasteiger partial charge in [0.1, 0.15) is 22.7 Å². The van der Waals surface area contributed by atoms with Crippen LogP contribution in [0.3, 0.4) is 0 Å². The van der Waals surface area contributed by atoms with Crippen LogP contribution in [0.4, 0.5) is 10.1 Å². The van der Waals surface area contributed by atoms with Gasteiger partial charge in [-0.1, -0.05) is 26.0 Å². The van der Waals surface area contributed by atoms with Gasteiger partial charge in [-0.25, -0.2) is 9.78 Å². The number of aromatic amines is 1. The second-order valence-electron chi connectivity index (χ2n) is 11.4. The summed E-state index contributed by atoms with van der Waals surface area (Å²) in [5.41, 5.74) is 5.67. The van der Waals surface area contributed by atoms with E-state index in [-0.39, 0.29) is 17.7 Å². The number of rotatable bonds is 9. The molecular weight excluding hydrogens is 495 g/mol. The number of carboxylic acids is 1. The molecule has 7 nitrogen and oxygen atoms in total. The summed E-state index contributed by atoms with van der Waals surface area (Å²) in [5, 5.41) is 10.6. The Bertz CT molecular complexity index is 1400. The summed E-state index contributed by atoms with van der Waals surface area (Å²) in [6.07, 6.45) is 6.94. The third-order valence-corrected chi connectivity index (χ3v) is 7.96. The SMILES string of the molecule is C=C(CCF)C1=C(CN2CCN(c3ccc(C(=O)O)c(Oc4cnc5[nH]ccc5c4)c3)CC2)CCC(C)(C)C1. The molecule has 0 spiro atoms. The Morgan fingerprint density at radius 3 is 2.74 bits per heavy atom. The minimum absolute atomic E-state index is 0.111. The van der Waals surface area contributed by atoms with Crippen LogP contribution in [-0.2, 0) is 0 Å². The molecule has 0 unspecified atom stereocenters. The lowest BCUT2D eigenvalue weighted by atomic mass is 9.72. The van der Waals surface area contributed by atoms with E-state index in [9.17, 15) is 14.3 Å². The third-order valence-electron chi connectivity index (χ3n) is 7.96. The van der Waals surface area contributed by atoms with Crippen LogP contribution in [0.25, 0.3) is 11.0 Å². The molecule has 3 aromatic rings. The number of aromatic nitrogens is 2. The molecule has 0 saturated carbocycles. The zero-order valence-corrected chi connectivity index (χ0v) is 22.8. The number of carboxylic acid groups (broad SMARTS) is 1. The molecule has 1 saturated heterocycles. The number of H-pyrrole nitrogens is 1. The summed E-state index contributed by atoms with van der Waals surface area (Å²) in [5.74, 6) is -0.253. The Hall–Kier alpha value is -3.65. The van der Waals surface area contributed by atoms with E-state index < -0.39 is 5.97 Å². The summed E-state index contributed by atoms with van der Waals surface area (Å²) in [4.78, 5) is 24.0. The summed E-state index contributed by atoms with van der Waals surface area (Å²) in [7, 11) is 0. The predicted octanol–water partition coefficient (Wildman–Crippen LogP) is 6.60. The fraction of sp³-hybridized carbons (Fsp3) is 0.419. The smallest absolute Gasteiger partial charge is 0.339 e. The van der Waals surface area contributed by atoms with E-state index in [0.29, 0.717) is 17.9 Å². The van der Waals surface area contributed by atoms with E-state index >= 15 is 0 Å². The molecule has 2 N–H and O–H groups in total. The van der Waals surface area contributed by atoms with Crippen molar-refractivity contribution >= 4 is 22.7 Å². The number of pyridine rings is 1. The van der Waals surface area contributed by atoms with E-state index in [2.05, 4.69) is 40.2 Å². The zero-order valence-electron chi connectivity index (χ0n) is 22.8. The van der Waals surface area contributed by atoms with Crippen molar-refractivity contribution in [1.82, 2.24) is 14.9 Å². The molecule has 2 aromatic heterocycles. The lowest BCUT2D eigenvalue weighted by Gasteiger charge is -2.39. The number of benzene rings is 1. The number of piperazine rings is 1. The average Bonchev–Trinajstić information content (AvgIpc) is 3.38. The minimum atomic E-state index is -1.04. The first-order valence-electron chi connectivity index (χ1n) is 13.6. The lowest BCUT2D eigenvalue weighted by Crippen LogP contribution is -2.47. The number of halogens is 1. The van der Waals surface area contributed by atoms with Crippen LogP contribution in [0.5, 0.6) is 11.5 Å². The largest absolute Gasteiger partial charge is 0.478 e. The fourth-order valence-corrected chi connectivity index (χ4v) is 5.65. The maximum absolute atomic E-state index is 13.1.